The number of hydrogen-bond acceptors (Lipinski definition) is 5. The molecule has 2 N–H and O–H groups in total. The molecule has 0 saturated heterocycles. The fourth-order valence-corrected chi connectivity index (χ4v) is 2.33. The molecule has 1 atom stereocenters. The molecule has 0 fully saturated rings. The number of benzene rings is 2. The molecule has 8 nitrogen and oxygen atoms in total. The molecule has 0 unspecified atom stereocenters. The van der Waals surface area contributed by atoms with E-state index in [9.17, 15) is 14.9 Å². The Morgan fingerprint density at radius 1 is 1.21 bits per heavy atom. The highest BCUT2D eigenvalue weighted by molar-refractivity contribution is 5.89. The van der Waals surface area contributed by atoms with E-state index in [-0.39, 0.29) is 18.5 Å². The summed E-state index contributed by atoms with van der Waals surface area (Å²) in [7, 11) is 0. The van der Waals surface area contributed by atoms with Crippen LogP contribution in [0.2, 0.25) is 0 Å². The molecule has 0 radical (unpaired) electrons. The number of fused-ring (bicyclic) bond motifs is 1. The van der Waals surface area contributed by atoms with Gasteiger partial charge in [0.2, 0.25) is 6.79 Å². The van der Waals surface area contributed by atoms with Gasteiger partial charge in [0.1, 0.15) is 0 Å². The fraction of sp³-hybridized carbons (Fsp3) is 0.188. The Morgan fingerprint density at radius 3 is 2.79 bits per heavy atom. The smallest absolute Gasteiger partial charge is 0.319 e. The third kappa shape index (κ3) is 3.37. The van der Waals surface area contributed by atoms with Crippen molar-refractivity contribution in [2.24, 2.45) is 0 Å². The van der Waals surface area contributed by atoms with E-state index >= 15 is 0 Å². The molecule has 24 heavy (non-hydrogen) atoms. The summed E-state index contributed by atoms with van der Waals surface area (Å²) in [6, 6.07) is 10.4. The van der Waals surface area contributed by atoms with Crippen molar-refractivity contribution in [2.75, 3.05) is 12.1 Å². The molecule has 2 amide bonds. The first-order valence-corrected chi connectivity index (χ1v) is 7.24. The van der Waals surface area contributed by atoms with Crippen LogP contribution in [0.4, 0.5) is 16.2 Å². The number of nitrogens with one attached hydrogen (secondary N) is 2. The monoisotopic (exact) mass is 329 g/mol. The molecule has 0 saturated carbocycles. The van der Waals surface area contributed by atoms with Gasteiger partial charge in [0.25, 0.3) is 5.69 Å². The summed E-state index contributed by atoms with van der Waals surface area (Å²) in [6.45, 7) is 2.01. The molecule has 124 valence electrons. The van der Waals surface area contributed by atoms with Gasteiger partial charge in [-0.3, -0.25) is 10.1 Å². The second-order valence-electron chi connectivity index (χ2n) is 5.24. The summed E-state index contributed by atoms with van der Waals surface area (Å²) >= 11 is 0. The van der Waals surface area contributed by atoms with Crippen molar-refractivity contribution >= 4 is 17.4 Å². The van der Waals surface area contributed by atoms with Crippen molar-refractivity contribution in [1.29, 1.82) is 0 Å². The van der Waals surface area contributed by atoms with E-state index in [0.717, 1.165) is 5.56 Å². The lowest BCUT2D eigenvalue weighted by Crippen LogP contribution is -2.31. The van der Waals surface area contributed by atoms with Crippen LogP contribution < -0.4 is 20.1 Å². The Hall–Kier alpha value is -3.29. The summed E-state index contributed by atoms with van der Waals surface area (Å²) in [4.78, 5) is 22.3. The van der Waals surface area contributed by atoms with Gasteiger partial charge in [-0.25, -0.2) is 4.79 Å². The van der Waals surface area contributed by atoms with E-state index in [1.165, 1.54) is 18.2 Å². The van der Waals surface area contributed by atoms with Gasteiger partial charge in [-0.1, -0.05) is 12.1 Å². The van der Waals surface area contributed by atoms with Crippen molar-refractivity contribution in [3.05, 3.63) is 58.1 Å². The molecule has 3 rings (SSSR count). The van der Waals surface area contributed by atoms with Crippen LogP contribution >= 0.6 is 0 Å². The number of nitrogens with zero attached hydrogens (tertiary/aromatic N) is 1. The second kappa shape index (κ2) is 6.45. The van der Waals surface area contributed by atoms with Gasteiger partial charge < -0.3 is 20.1 Å². The van der Waals surface area contributed by atoms with Crippen molar-refractivity contribution in [3.8, 4) is 11.5 Å². The molecule has 0 aliphatic carbocycles. The average Bonchev–Trinajstić information content (AvgIpc) is 3.02. The molecular weight excluding hydrogens is 314 g/mol. The SMILES string of the molecule is C[C@H](NC(=O)Nc1cccc([N+](=O)[O-])c1)c1ccc2c(c1)OCO2. The lowest BCUT2D eigenvalue weighted by atomic mass is 10.1. The number of rotatable bonds is 4. The minimum atomic E-state index is -0.516. The van der Waals surface area contributed by atoms with Crippen molar-refractivity contribution in [1.82, 2.24) is 5.32 Å². The van der Waals surface area contributed by atoms with Gasteiger partial charge in [0.05, 0.1) is 11.0 Å². The Labute approximate surface area is 137 Å². The van der Waals surface area contributed by atoms with Crippen LogP contribution in [0.15, 0.2) is 42.5 Å². The molecule has 1 aliphatic rings. The van der Waals surface area contributed by atoms with Crippen molar-refractivity contribution < 1.29 is 19.2 Å². The number of carbonyl (C=O) groups excluding carboxylic acids is 1. The first-order valence-electron chi connectivity index (χ1n) is 7.24. The van der Waals surface area contributed by atoms with Crippen LogP contribution in [0.25, 0.3) is 0 Å². The highest BCUT2D eigenvalue weighted by Gasteiger charge is 2.17. The number of carbonyl (C=O) groups is 1. The molecule has 0 spiro atoms. The van der Waals surface area contributed by atoms with Crippen LogP contribution in [-0.4, -0.2) is 17.7 Å². The summed E-state index contributed by atoms with van der Waals surface area (Å²) in [5, 5.41) is 16.1. The first-order chi connectivity index (χ1) is 11.5. The number of ether oxygens (including phenoxy) is 2. The van der Waals surface area contributed by atoms with Crippen LogP contribution in [0, 0.1) is 10.1 Å². The standard InChI is InChI=1S/C16H15N3O5/c1-10(11-5-6-14-15(7-11)24-9-23-14)17-16(20)18-12-3-2-4-13(8-12)19(21)22/h2-8,10H,9H2,1H3,(H2,17,18,20)/t10-/m0/s1. The maximum absolute atomic E-state index is 12.1. The number of hydrogen-bond donors (Lipinski definition) is 2. The quantitative estimate of drug-likeness (QED) is 0.662. The molecule has 2 aromatic carbocycles. The van der Waals surface area contributed by atoms with Gasteiger partial charge in [0, 0.05) is 17.8 Å². The van der Waals surface area contributed by atoms with Crippen LogP contribution in [-0.2, 0) is 0 Å². The number of nitro groups is 1. The third-order valence-corrected chi connectivity index (χ3v) is 3.56. The largest absolute Gasteiger partial charge is 0.454 e. The maximum atomic E-state index is 12.1. The number of non-ortho nitro benzene ring substituents is 1. The lowest BCUT2D eigenvalue weighted by molar-refractivity contribution is -0.384. The van der Waals surface area contributed by atoms with Gasteiger partial charge in [-0.15, -0.1) is 0 Å². The predicted molar refractivity (Wildman–Crippen MR) is 86.2 cm³/mol. The Bertz CT molecular complexity index is 793. The molecule has 1 aliphatic heterocycles. The third-order valence-electron chi connectivity index (χ3n) is 3.56. The highest BCUT2D eigenvalue weighted by Crippen LogP contribution is 2.34. The summed E-state index contributed by atoms with van der Waals surface area (Å²) in [5.74, 6) is 1.31. The number of nitro benzene ring substituents is 1. The Morgan fingerprint density at radius 2 is 2.00 bits per heavy atom. The fourth-order valence-electron chi connectivity index (χ4n) is 2.33. The lowest BCUT2D eigenvalue weighted by Gasteiger charge is -2.15. The van der Waals surface area contributed by atoms with Crippen LogP contribution in [0.1, 0.15) is 18.5 Å². The van der Waals surface area contributed by atoms with E-state index in [0.29, 0.717) is 17.2 Å². The van der Waals surface area contributed by atoms with Gasteiger partial charge in [-0.2, -0.15) is 0 Å². The average molecular weight is 329 g/mol. The maximum Gasteiger partial charge on any atom is 0.319 e. The minimum Gasteiger partial charge on any atom is -0.454 e. The van der Waals surface area contributed by atoms with Gasteiger partial charge >= 0.3 is 6.03 Å². The van der Waals surface area contributed by atoms with E-state index in [4.69, 9.17) is 9.47 Å². The Kier molecular flexibility index (Phi) is 4.19. The van der Waals surface area contributed by atoms with E-state index in [2.05, 4.69) is 10.6 Å². The Balaban J connectivity index is 1.64. The molecule has 1 heterocycles. The van der Waals surface area contributed by atoms with E-state index in [1.807, 2.05) is 13.0 Å². The zero-order chi connectivity index (χ0) is 17.1. The summed E-state index contributed by atoms with van der Waals surface area (Å²) in [5.41, 5.74) is 1.12. The second-order valence-corrected chi connectivity index (χ2v) is 5.24. The highest BCUT2D eigenvalue weighted by atomic mass is 16.7. The van der Waals surface area contributed by atoms with Crippen molar-refractivity contribution in [3.63, 3.8) is 0 Å². The van der Waals surface area contributed by atoms with E-state index in [1.54, 1.807) is 18.2 Å². The number of amides is 2. The zero-order valence-corrected chi connectivity index (χ0v) is 12.8. The molecule has 0 bridgehead atoms. The molecule has 0 aromatic heterocycles. The van der Waals surface area contributed by atoms with Gasteiger partial charge in [-0.05, 0) is 30.7 Å². The van der Waals surface area contributed by atoms with Crippen LogP contribution in [0.3, 0.4) is 0 Å². The summed E-state index contributed by atoms with van der Waals surface area (Å²) in [6.07, 6.45) is 0. The topological polar surface area (TPSA) is 103 Å². The van der Waals surface area contributed by atoms with Gasteiger partial charge in [0.15, 0.2) is 11.5 Å². The zero-order valence-electron chi connectivity index (χ0n) is 12.8. The predicted octanol–water partition coefficient (Wildman–Crippen LogP) is 3.21. The minimum absolute atomic E-state index is 0.0865. The number of anilines is 1. The number of urea groups is 1. The normalized spacial score (nSPS) is 13.2. The summed E-state index contributed by atoms with van der Waals surface area (Å²) < 4.78 is 10.6. The first kappa shape index (κ1) is 15.6. The molecule has 8 heteroatoms. The van der Waals surface area contributed by atoms with Crippen LogP contribution in [0.5, 0.6) is 11.5 Å². The van der Waals surface area contributed by atoms with E-state index < -0.39 is 11.0 Å². The van der Waals surface area contributed by atoms with Crippen molar-refractivity contribution in [2.45, 2.75) is 13.0 Å². The molecular formula is C16H15N3O5. The molecule has 2 aromatic rings.